The highest BCUT2D eigenvalue weighted by Crippen LogP contribution is 2.33. The highest BCUT2D eigenvalue weighted by molar-refractivity contribution is 7.13. The number of rotatable bonds is 7. The van der Waals surface area contributed by atoms with Gasteiger partial charge in [0.25, 0.3) is 0 Å². The van der Waals surface area contributed by atoms with Crippen LogP contribution >= 0.6 is 11.3 Å². The summed E-state index contributed by atoms with van der Waals surface area (Å²) in [5.41, 5.74) is 3.06. The average molecular weight is 434 g/mol. The monoisotopic (exact) mass is 433 g/mol. The fraction of sp³-hybridized carbons (Fsp3) is 0.375. The van der Waals surface area contributed by atoms with Crippen LogP contribution in [0, 0.1) is 0 Å². The minimum absolute atomic E-state index is 0.483. The Kier molecular flexibility index (Phi) is 5.84. The summed E-state index contributed by atoms with van der Waals surface area (Å²) < 4.78 is 7.53. The van der Waals surface area contributed by atoms with E-state index in [4.69, 9.17) is 19.7 Å². The van der Waals surface area contributed by atoms with Gasteiger partial charge in [-0.1, -0.05) is 37.5 Å². The molecule has 4 aromatic rings. The lowest BCUT2D eigenvalue weighted by molar-refractivity contribution is 0.358. The Morgan fingerprint density at radius 1 is 1.10 bits per heavy atom. The van der Waals surface area contributed by atoms with Gasteiger partial charge in [0.05, 0.1) is 18.3 Å². The molecule has 0 radical (unpaired) electrons. The zero-order valence-corrected chi connectivity index (χ0v) is 18.6. The Morgan fingerprint density at radius 3 is 2.68 bits per heavy atom. The largest absolute Gasteiger partial charge is 0.497 e. The number of nitrogens with one attached hydrogen (secondary N) is 1. The summed E-state index contributed by atoms with van der Waals surface area (Å²) in [7, 11) is 1.69. The number of fused-ring (bicyclic) bond motifs is 1. The van der Waals surface area contributed by atoms with Gasteiger partial charge in [-0.25, -0.2) is 15.0 Å². The maximum atomic E-state index is 5.25. The average Bonchev–Trinajstić information content (AvgIpc) is 3.50. The van der Waals surface area contributed by atoms with E-state index in [9.17, 15) is 0 Å². The first-order valence-electron chi connectivity index (χ1n) is 11.0. The molecule has 1 fully saturated rings. The molecule has 1 aromatic carbocycles. The highest BCUT2D eigenvalue weighted by Gasteiger charge is 2.21. The van der Waals surface area contributed by atoms with Crippen LogP contribution in [-0.2, 0) is 6.42 Å². The number of nitrogens with zero attached hydrogens (tertiary/aromatic N) is 4. The van der Waals surface area contributed by atoms with E-state index >= 15 is 0 Å². The van der Waals surface area contributed by atoms with Crippen molar-refractivity contribution in [1.82, 2.24) is 19.5 Å². The van der Waals surface area contributed by atoms with Crippen LogP contribution in [0.2, 0.25) is 0 Å². The number of methoxy groups -OCH3 is 1. The van der Waals surface area contributed by atoms with E-state index < -0.39 is 0 Å². The Bertz CT molecular complexity index is 1130. The Labute approximate surface area is 186 Å². The second kappa shape index (κ2) is 9.06. The van der Waals surface area contributed by atoms with Crippen LogP contribution in [0.1, 0.15) is 43.7 Å². The number of benzene rings is 1. The fourth-order valence-electron chi connectivity index (χ4n) is 4.30. The van der Waals surface area contributed by atoms with E-state index in [1.807, 2.05) is 24.5 Å². The number of hydrogen-bond acceptors (Lipinski definition) is 6. The van der Waals surface area contributed by atoms with Gasteiger partial charge in [0, 0.05) is 12.6 Å². The number of thiophene rings is 1. The normalized spacial score (nSPS) is 14.7. The Morgan fingerprint density at radius 2 is 1.94 bits per heavy atom. The van der Waals surface area contributed by atoms with Crippen molar-refractivity contribution in [2.45, 2.75) is 44.6 Å². The SMILES string of the molecule is COc1ccc(CCNc2nc(-c3cccs3)nc3c2ncn3C2CCCCC2)cc1. The molecule has 1 N–H and O–H groups in total. The molecule has 0 bridgehead atoms. The van der Waals surface area contributed by atoms with Crippen LogP contribution in [0.15, 0.2) is 48.1 Å². The summed E-state index contributed by atoms with van der Waals surface area (Å²) in [5.74, 6) is 2.46. The third-order valence-electron chi connectivity index (χ3n) is 6.00. The van der Waals surface area contributed by atoms with Crippen molar-refractivity contribution in [2.24, 2.45) is 0 Å². The first-order chi connectivity index (χ1) is 15.3. The smallest absolute Gasteiger partial charge is 0.173 e. The van der Waals surface area contributed by atoms with Gasteiger partial charge in [0.1, 0.15) is 11.3 Å². The van der Waals surface area contributed by atoms with E-state index in [1.54, 1.807) is 18.4 Å². The molecule has 3 aromatic heterocycles. The van der Waals surface area contributed by atoms with E-state index in [1.165, 1.54) is 37.7 Å². The molecule has 1 saturated carbocycles. The van der Waals surface area contributed by atoms with Gasteiger partial charge in [-0.05, 0) is 48.4 Å². The topological polar surface area (TPSA) is 64.9 Å². The molecule has 3 heterocycles. The van der Waals surface area contributed by atoms with Crippen LogP contribution < -0.4 is 10.1 Å². The summed E-state index contributed by atoms with van der Waals surface area (Å²) in [6, 6.07) is 12.8. The van der Waals surface area contributed by atoms with Crippen LogP contribution in [0.3, 0.4) is 0 Å². The Hall–Kier alpha value is -2.93. The molecule has 0 unspecified atom stereocenters. The maximum absolute atomic E-state index is 5.25. The third-order valence-corrected chi connectivity index (χ3v) is 6.86. The van der Waals surface area contributed by atoms with Gasteiger partial charge in [0.15, 0.2) is 17.3 Å². The molecule has 6 nitrogen and oxygen atoms in total. The zero-order chi connectivity index (χ0) is 21.0. The van der Waals surface area contributed by atoms with Crippen molar-refractivity contribution in [2.75, 3.05) is 19.0 Å². The Balaban J connectivity index is 1.43. The molecule has 0 amide bonds. The van der Waals surface area contributed by atoms with Gasteiger partial charge < -0.3 is 14.6 Å². The van der Waals surface area contributed by atoms with E-state index in [2.05, 4.69) is 33.5 Å². The second-order valence-corrected chi connectivity index (χ2v) is 8.96. The molecule has 31 heavy (non-hydrogen) atoms. The van der Waals surface area contributed by atoms with E-state index in [0.717, 1.165) is 46.4 Å². The second-order valence-electron chi connectivity index (χ2n) is 8.01. The lowest BCUT2D eigenvalue weighted by Crippen LogP contribution is -2.13. The van der Waals surface area contributed by atoms with Crippen molar-refractivity contribution < 1.29 is 4.74 Å². The van der Waals surface area contributed by atoms with Gasteiger partial charge >= 0.3 is 0 Å². The minimum atomic E-state index is 0.483. The quantitative estimate of drug-likeness (QED) is 0.404. The summed E-state index contributed by atoms with van der Waals surface area (Å²) in [6.45, 7) is 0.776. The molecule has 0 spiro atoms. The molecule has 1 aliphatic carbocycles. The third kappa shape index (κ3) is 4.28. The first kappa shape index (κ1) is 20.0. The molecule has 0 atom stereocenters. The standard InChI is InChI=1S/C24H27N5OS/c1-30-19-11-9-17(10-12-19)13-14-25-23-21-24(28-22(27-23)20-8-5-15-31-20)29(16-26-21)18-6-3-2-4-7-18/h5,8-12,15-16,18H,2-4,6-7,13-14H2,1H3,(H,25,27,28). The van der Waals surface area contributed by atoms with Crippen molar-refractivity contribution >= 4 is 28.3 Å². The van der Waals surface area contributed by atoms with E-state index in [0.29, 0.717) is 6.04 Å². The fourth-order valence-corrected chi connectivity index (χ4v) is 4.96. The molecule has 5 rings (SSSR count). The van der Waals surface area contributed by atoms with Crippen LogP contribution in [0.5, 0.6) is 5.75 Å². The number of hydrogen-bond donors (Lipinski definition) is 1. The number of imidazole rings is 1. The molecular formula is C24H27N5OS. The molecule has 1 aliphatic rings. The van der Waals surface area contributed by atoms with Crippen molar-refractivity contribution in [3.63, 3.8) is 0 Å². The number of anilines is 1. The highest BCUT2D eigenvalue weighted by atomic mass is 32.1. The minimum Gasteiger partial charge on any atom is -0.497 e. The van der Waals surface area contributed by atoms with Gasteiger partial charge in [0.2, 0.25) is 0 Å². The summed E-state index contributed by atoms with van der Waals surface area (Å²) in [6.07, 6.45) is 9.14. The lowest BCUT2D eigenvalue weighted by atomic mass is 9.95. The van der Waals surface area contributed by atoms with Crippen LogP contribution in [0.4, 0.5) is 5.82 Å². The number of ether oxygens (including phenoxy) is 1. The van der Waals surface area contributed by atoms with Crippen molar-refractivity contribution in [3.05, 3.63) is 53.7 Å². The molecular weight excluding hydrogens is 406 g/mol. The lowest BCUT2D eigenvalue weighted by Gasteiger charge is -2.23. The van der Waals surface area contributed by atoms with Gasteiger partial charge in [-0.2, -0.15) is 0 Å². The molecule has 0 saturated heterocycles. The van der Waals surface area contributed by atoms with Crippen molar-refractivity contribution in [3.8, 4) is 16.5 Å². The predicted octanol–water partition coefficient (Wildman–Crippen LogP) is 5.72. The first-order valence-corrected chi connectivity index (χ1v) is 11.8. The summed E-state index contributed by atoms with van der Waals surface area (Å²) >= 11 is 1.67. The van der Waals surface area contributed by atoms with Crippen LogP contribution in [-0.4, -0.2) is 33.2 Å². The maximum Gasteiger partial charge on any atom is 0.173 e. The molecule has 160 valence electrons. The summed E-state index contributed by atoms with van der Waals surface area (Å²) in [4.78, 5) is 15.6. The predicted molar refractivity (Wildman–Crippen MR) is 126 cm³/mol. The zero-order valence-electron chi connectivity index (χ0n) is 17.8. The van der Waals surface area contributed by atoms with Crippen LogP contribution in [0.25, 0.3) is 21.9 Å². The van der Waals surface area contributed by atoms with Gasteiger partial charge in [-0.15, -0.1) is 11.3 Å². The number of aromatic nitrogens is 4. The summed E-state index contributed by atoms with van der Waals surface area (Å²) in [5, 5.41) is 5.60. The molecule has 0 aliphatic heterocycles. The van der Waals surface area contributed by atoms with E-state index in [-0.39, 0.29) is 0 Å². The molecule has 7 heteroatoms. The van der Waals surface area contributed by atoms with Gasteiger partial charge in [-0.3, -0.25) is 0 Å². The van der Waals surface area contributed by atoms with Crippen molar-refractivity contribution in [1.29, 1.82) is 0 Å².